The minimum absolute atomic E-state index is 0.250. The molecule has 0 radical (unpaired) electrons. The monoisotopic (exact) mass is 292 g/mol. The van der Waals surface area contributed by atoms with Crippen molar-refractivity contribution in [3.05, 3.63) is 40.0 Å². The Hall–Kier alpha value is -1.62. The summed E-state index contributed by atoms with van der Waals surface area (Å²) in [5, 5.41) is 3.20. The van der Waals surface area contributed by atoms with Crippen LogP contribution in [0.25, 0.3) is 0 Å². The van der Waals surface area contributed by atoms with Crippen LogP contribution in [0, 0.1) is 13.8 Å². The second kappa shape index (κ2) is 4.71. The van der Waals surface area contributed by atoms with Gasteiger partial charge in [0.25, 0.3) is 0 Å². The highest BCUT2D eigenvalue weighted by Crippen LogP contribution is 2.24. The third-order valence-corrected chi connectivity index (χ3v) is 3.11. The lowest BCUT2D eigenvalue weighted by Gasteiger charge is -2.09. The van der Waals surface area contributed by atoms with Gasteiger partial charge in [0.2, 0.25) is 5.95 Å². The lowest BCUT2D eigenvalue weighted by Crippen LogP contribution is -2.00. The lowest BCUT2D eigenvalue weighted by molar-refractivity contribution is 1.17. The van der Waals surface area contributed by atoms with Crippen LogP contribution in [0.4, 0.5) is 17.5 Å². The number of nitrogen functional groups attached to an aromatic ring is 1. The van der Waals surface area contributed by atoms with Crippen molar-refractivity contribution in [3.63, 3.8) is 0 Å². The quantitative estimate of drug-likeness (QED) is 0.892. The molecule has 3 N–H and O–H groups in total. The number of aryl methyl sites for hydroxylation is 2. The van der Waals surface area contributed by atoms with Crippen molar-refractivity contribution in [1.29, 1.82) is 0 Å². The highest BCUT2D eigenvalue weighted by molar-refractivity contribution is 9.10. The summed E-state index contributed by atoms with van der Waals surface area (Å²) in [6, 6.07) is 6.14. The van der Waals surface area contributed by atoms with Gasteiger partial charge >= 0.3 is 0 Å². The molecule has 0 bridgehead atoms. The largest absolute Gasteiger partial charge is 0.368 e. The van der Waals surface area contributed by atoms with Crippen molar-refractivity contribution in [2.75, 3.05) is 11.1 Å². The van der Waals surface area contributed by atoms with Crippen LogP contribution in [-0.2, 0) is 0 Å². The van der Waals surface area contributed by atoms with Gasteiger partial charge in [0.1, 0.15) is 5.82 Å². The van der Waals surface area contributed by atoms with Gasteiger partial charge in [-0.05, 0) is 53.0 Å². The van der Waals surface area contributed by atoms with Crippen LogP contribution in [0.1, 0.15) is 11.1 Å². The molecule has 1 aromatic carbocycles. The van der Waals surface area contributed by atoms with Gasteiger partial charge in [-0.2, -0.15) is 4.98 Å². The van der Waals surface area contributed by atoms with E-state index in [2.05, 4.69) is 57.2 Å². The molecule has 0 spiro atoms. The number of aromatic nitrogens is 2. The van der Waals surface area contributed by atoms with E-state index in [9.17, 15) is 0 Å². The number of hydrogen-bond acceptors (Lipinski definition) is 4. The zero-order valence-electron chi connectivity index (χ0n) is 9.66. The Kier molecular flexibility index (Phi) is 3.28. The predicted octanol–water partition coefficient (Wildman–Crippen LogP) is 3.18. The molecule has 0 aliphatic carbocycles. The van der Waals surface area contributed by atoms with Gasteiger partial charge in [-0.1, -0.05) is 6.07 Å². The second-order valence-electron chi connectivity index (χ2n) is 3.85. The van der Waals surface area contributed by atoms with Crippen LogP contribution < -0.4 is 11.1 Å². The Morgan fingerprint density at radius 2 is 2.00 bits per heavy atom. The fraction of sp³-hybridized carbons (Fsp3) is 0.167. The summed E-state index contributed by atoms with van der Waals surface area (Å²) in [6.45, 7) is 4.15. The molecule has 1 heterocycles. The Bertz CT molecular complexity index is 554. The van der Waals surface area contributed by atoms with Crippen LogP contribution in [0.15, 0.2) is 28.9 Å². The summed E-state index contributed by atoms with van der Waals surface area (Å²) >= 11 is 3.38. The number of hydrogen-bond donors (Lipinski definition) is 2. The van der Waals surface area contributed by atoms with Crippen LogP contribution in [0.2, 0.25) is 0 Å². The molecule has 2 rings (SSSR count). The van der Waals surface area contributed by atoms with E-state index in [1.807, 2.05) is 6.07 Å². The number of nitrogens with two attached hydrogens (primary N) is 1. The molecule has 4 nitrogen and oxygen atoms in total. The summed E-state index contributed by atoms with van der Waals surface area (Å²) in [7, 11) is 0. The van der Waals surface area contributed by atoms with Crippen LogP contribution in [0.5, 0.6) is 0 Å². The molecule has 2 aromatic rings. The molecule has 17 heavy (non-hydrogen) atoms. The Morgan fingerprint density at radius 1 is 1.24 bits per heavy atom. The molecule has 0 atom stereocenters. The number of nitrogens with one attached hydrogen (secondary N) is 1. The SMILES string of the molecule is Cc1ccc(Nc2nc(N)ncc2Br)cc1C. The Balaban J connectivity index is 2.31. The van der Waals surface area contributed by atoms with E-state index in [1.165, 1.54) is 11.1 Å². The Morgan fingerprint density at radius 3 is 2.71 bits per heavy atom. The lowest BCUT2D eigenvalue weighted by atomic mass is 10.1. The molecular formula is C12H13BrN4. The van der Waals surface area contributed by atoms with E-state index in [0.29, 0.717) is 5.82 Å². The maximum atomic E-state index is 5.55. The summed E-state index contributed by atoms with van der Waals surface area (Å²) in [5.41, 5.74) is 9.02. The number of benzene rings is 1. The third-order valence-electron chi connectivity index (χ3n) is 2.53. The van der Waals surface area contributed by atoms with E-state index < -0.39 is 0 Å². The highest BCUT2D eigenvalue weighted by Gasteiger charge is 2.04. The van der Waals surface area contributed by atoms with E-state index in [-0.39, 0.29) is 5.95 Å². The van der Waals surface area contributed by atoms with Gasteiger partial charge in [-0.3, -0.25) is 0 Å². The molecular weight excluding hydrogens is 280 g/mol. The Labute approximate surface area is 108 Å². The third kappa shape index (κ3) is 2.74. The van der Waals surface area contributed by atoms with Gasteiger partial charge in [0.15, 0.2) is 0 Å². The standard InChI is InChI=1S/C12H13BrN4/c1-7-3-4-9(5-8(7)2)16-11-10(13)6-15-12(14)17-11/h3-6H,1-2H3,(H3,14,15,16,17). The summed E-state index contributed by atoms with van der Waals surface area (Å²) in [5.74, 6) is 0.917. The summed E-state index contributed by atoms with van der Waals surface area (Å²) < 4.78 is 0.782. The van der Waals surface area contributed by atoms with Crippen molar-refractivity contribution >= 4 is 33.4 Å². The molecule has 0 unspecified atom stereocenters. The number of halogens is 1. The van der Waals surface area contributed by atoms with Crippen molar-refractivity contribution < 1.29 is 0 Å². The average Bonchev–Trinajstić information content (AvgIpc) is 2.29. The smallest absolute Gasteiger partial charge is 0.222 e. The van der Waals surface area contributed by atoms with Crippen molar-refractivity contribution in [2.24, 2.45) is 0 Å². The van der Waals surface area contributed by atoms with Gasteiger partial charge in [-0.25, -0.2) is 4.98 Å². The minimum atomic E-state index is 0.250. The highest BCUT2D eigenvalue weighted by atomic mass is 79.9. The molecule has 0 aliphatic heterocycles. The van der Waals surface area contributed by atoms with Gasteiger partial charge in [-0.15, -0.1) is 0 Å². The van der Waals surface area contributed by atoms with E-state index in [4.69, 9.17) is 5.73 Å². The first-order chi connectivity index (χ1) is 8.06. The van der Waals surface area contributed by atoms with Crippen molar-refractivity contribution in [2.45, 2.75) is 13.8 Å². The zero-order valence-corrected chi connectivity index (χ0v) is 11.2. The van der Waals surface area contributed by atoms with Gasteiger partial charge in [0.05, 0.1) is 4.47 Å². The molecule has 5 heteroatoms. The topological polar surface area (TPSA) is 63.8 Å². The van der Waals surface area contributed by atoms with Crippen molar-refractivity contribution in [3.8, 4) is 0 Å². The maximum absolute atomic E-state index is 5.55. The molecule has 88 valence electrons. The fourth-order valence-electron chi connectivity index (χ4n) is 1.42. The fourth-order valence-corrected chi connectivity index (χ4v) is 1.71. The van der Waals surface area contributed by atoms with Crippen LogP contribution in [-0.4, -0.2) is 9.97 Å². The first-order valence-electron chi connectivity index (χ1n) is 5.18. The zero-order chi connectivity index (χ0) is 12.4. The van der Waals surface area contributed by atoms with E-state index >= 15 is 0 Å². The first-order valence-corrected chi connectivity index (χ1v) is 5.98. The average molecular weight is 293 g/mol. The maximum Gasteiger partial charge on any atom is 0.222 e. The second-order valence-corrected chi connectivity index (χ2v) is 4.70. The van der Waals surface area contributed by atoms with Crippen LogP contribution >= 0.6 is 15.9 Å². The molecule has 1 aromatic heterocycles. The van der Waals surface area contributed by atoms with E-state index in [1.54, 1.807) is 6.20 Å². The van der Waals surface area contributed by atoms with Gasteiger partial charge in [0, 0.05) is 11.9 Å². The number of rotatable bonds is 2. The number of nitrogens with zero attached hydrogens (tertiary/aromatic N) is 2. The van der Waals surface area contributed by atoms with E-state index in [0.717, 1.165) is 10.2 Å². The minimum Gasteiger partial charge on any atom is -0.368 e. The molecule has 0 fully saturated rings. The number of anilines is 3. The molecule has 0 saturated heterocycles. The first kappa shape index (κ1) is 11.9. The molecule has 0 amide bonds. The van der Waals surface area contributed by atoms with Crippen molar-refractivity contribution in [1.82, 2.24) is 9.97 Å². The van der Waals surface area contributed by atoms with Gasteiger partial charge < -0.3 is 11.1 Å². The molecule has 0 saturated carbocycles. The predicted molar refractivity (Wildman–Crippen MR) is 73.3 cm³/mol. The summed E-state index contributed by atoms with van der Waals surface area (Å²) in [4.78, 5) is 8.02. The van der Waals surface area contributed by atoms with Crippen LogP contribution in [0.3, 0.4) is 0 Å². The normalized spacial score (nSPS) is 10.3. The summed E-state index contributed by atoms with van der Waals surface area (Å²) in [6.07, 6.45) is 1.63. The molecule has 0 aliphatic rings.